The lowest BCUT2D eigenvalue weighted by atomic mass is 10.0. The fourth-order valence-corrected chi connectivity index (χ4v) is 3.46. The van der Waals surface area contributed by atoms with Gasteiger partial charge >= 0.3 is 6.18 Å². The molecule has 0 aromatic heterocycles. The number of nitrogens with zero attached hydrogens (tertiary/aromatic N) is 1. The Kier molecular flexibility index (Phi) is 12.9. The van der Waals surface area contributed by atoms with Crippen LogP contribution in [0, 0.1) is 0 Å². The summed E-state index contributed by atoms with van der Waals surface area (Å²) in [5.41, 5.74) is 2.02. The van der Waals surface area contributed by atoms with Gasteiger partial charge in [-0.1, -0.05) is 54.3 Å². The molecule has 204 valence electrons. The molecule has 0 saturated carbocycles. The molecule has 0 heterocycles. The van der Waals surface area contributed by atoms with E-state index in [1.54, 1.807) is 13.0 Å². The molecule has 5 nitrogen and oxygen atoms in total. The van der Waals surface area contributed by atoms with Crippen LogP contribution in [0.5, 0.6) is 11.5 Å². The molecule has 2 aromatic carbocycles. The SMILES string of the molecule is CCc1cc(OCC=C(Cl)Cl)cc(CC)c1OCCCCOC(C)=NOCc1ccc(C(F)(F)F)cc1. The average Bonchev–Trinajstić information content (AvgIpc) is 2.85. The number of benzene rings is 2. The monoisotopic (exact) mass is 561 g/mol. The van der Waals surface area contributed by atoms with Crippen LogP contribution in [-0.4, -0.2) is 25.7 Å². The smallest absolute Gasteiger partial charge is 0.416 e. The summed E-state index contributed by atoms with van der Waals surface area (Å²) in [7, 11) is 0. The van der Waals surface area contributed by atoms with E-state index in [1.807, 2.05) is 12.1 Å². The standard InChI is InChI=1S/C27H32Cl2F3NO4/c1-4-21-16-24(35-15-12-25(28)29)17-22(5-2)26(21)36-14-7-6-13-34-19(3)33-37-18-20-8-10-23(11-9-20)27(30,31)32/h8-12,16-17H,4-7,13-15,18H2,1-3H3. The van der Waals surface area contributed by atoms with Crippen molar-refractivity contribution < 1.29 is 32.2 Å². The highest BCUT2D eigenvalue weighted by molar-refractivity contribution is 6.55. The van der Waals surface area contributed by atoms with Crippen LogP contribution >= 0.6 is 23.2 Å². The van der Waals surface area contributed by atoms with Crippen LogP contribution in [0.1, 0.15) is 55.9 Å². The molecule has 0 N–H and O–H groups in total. The Hall–Kier alpha value is -2.58. The highest BCUT2D eigenvalue weighted by Gasteiger charge is 2.29. The van der Waals surface area contributed by atoms with Crippen molar-refractivity contribution in [2.75, 3.05) is 19.8 Å². The summed E-state index contributed by atoms with van der Waals surface area (Å²) in [5, 5.41) is 3.85. The number of halogens is 5. The second-order valence-electron chi connectivity index (χ2n) is 8.06. The van der Waals surface area contributed by atoms with Gasteiger partial charge < -0.3 is 19.0 Å². The normalized spacial score (nSPS) is 11.7. The van der Waals surface area contributed by atoms with E-state index in [0.29, 0.717) is 24.7 Å². The van der Waals surface area contributed by atoms with Gasteiger partial charge in [0.15, 0.2) is 0 Å². The molecule has 0 bridgehead atoms. The van der Waals surface area contributed by atoms with E-state index < -0.39 is 11.7 Å². The van der Waals surface area contributed by atoms with Crippen molar-refractivity contribution in [3.8, 4) is 11.5 Å². The van der Waals surface area contributed by atoms with Crippen molar-refractivity contribution in [2.24, 2.45) is 5.16 Å². The summed E-state index contributed by atoms with van der Waals surface area (Å²) in [6.07, 6.45) is 0.365. The number of rotatable bonds is 14. The maximum Gasteiger partial charge on any atom is 0.416 e. The second kappa shape index (κ2) is 15.6. The van der Waals surface area contributed by atoms with Crippen molar-refractivity contribution in [1.82, 2.24) is 0 Å². The zero-order valence-corrected chi connectivity index (χ0v) is 22.7. The Morgan fingerprint density at radius 3 is 2.14 bits per heavy atom. The molecule has 0 atom stereocenters. The summed E-state index contributed by atoms with van der Waals surface area (Å²) >= 11 is 11.3. The first-order chi connectivity index (χ1) is 17.6. The van der Waals surface area contributed by atoms with Crippen LogP contribution in [0.2, 0.25) is 0 Å². The number of aryl methyl sites for hydroxylation is 2. The van der Waals surface area contributed by atoms with Gasteiger partial charge in [-0.3, -0.25) is 0 Å². The zero-order valence-electron chi connectivity index (χ0n) is 21.2. The largest absolute Gasteiger partial charge is 0.493 e. The fraction of sp³-hybridized carbons (Fsp3) is 0.444. The lowest BCUT2D eigenvalue weighted by Crippen LogP contribution is -2.07. The third-order valence-corrected chi connectivity index (χ3v) is 5.58. The minimum atomic E-state index is -4.36. The van der Waals surface area contributed by atoms with E-state index >= 15 is 0 Å². The van der Waals surface area contributed by atoms with Gasteiger partial charge in [0.2, 0.25) is 5.90 Å². The Balaban J connectivity index is 1.73. The number of hydrogen-bond donors (Lipinski definition) is 0. The quantitative estimate of drug-likeness (QED) is 0.101. The summed E-state index contributed by atoms with van der Waals surface area (Å²) in [6, 6.07) is 8.69. The van der Waals surface area contributed by atoms with E-state index in [1.165, 1.54) is 12.1 Å². The molecule has 0 aliphatic rings. The molecule has 0 aliphatic carbocycles. The Morgan fingerprint density at radius 1 is 0.946 bits per heavy atom. The third kappa shape index (κ3) is 11.1. The van der Waals surface area contributed by atoms with Crippen molar-refractivity contribution in [3.05, 3.63) is 69.2 Å². The van der Waals surface area contributed by atoms with Gasteiger partial charge in [-0.2, -0.15) is 13.2 Å². The Bertz CT molecular complexity index is 1010. The molecule has 0 aliphatic heterocycles. The lowest BCUT2D eigenvalue weighted by Gasteiger charge is -2.17. The van der Waals surface area contributed by atoms with Crippen molar-refractivity contribution >= 4 is 29.1 Å². The third-order valence-electron chi connectivity index (χ3n) is 5.27. The fourth-order valence-electron chi connectivity index (χ4n) is 3.33. The highest BCUT2D eigenvalue weighted by atomic mass is 35.5. The topological polar surface area (TPSA) is 49.3 Å². The summed E-state index contributed by atoms with van der Waals surface area (Å²) in [4.78, 5) is 5.17. The molecule has 2 aromatic rings. The van der Waals surface area contributed by atoms with Gasteiger partial charge in [0.05, 0.1) is 18.8 Å². The van der Waals surface area contributed by atoms with Gasteiger partial charge in [0, 0.05) is 6.92 Å². The highest BCUT2D eigenvalue weighted by Crippen LogP contribution is 2.31. The molecular formula is C27H32Cl2F3NO4. The molecule has 0 fully saturated rings. The van der Waals surface area contributed by atoms with Crippen LogP contribution in [0.3, 0.4) is 0 Å². The van der Waals surface area contributed by atoms with Crippen molar-refractivity contribution in [1.29, 1.82) is 0 Å². The number of unbranched alkanes of at least 4 members (excludes halogenated alkanes) is 1. The molecule has 0 radical (unpaired) electrons. The second-order valence-corrected chi connectivity index (χ2v) is 9.07. The Labute approximate surface area is 226 Å². The molecule has 37 heavy (non-hydrogen) atoms. The first kappa shape index (κ1) is 30.6. The minimum absolute atomic E-state index is 0.0488. The average molecular weight is 562 g/mol. The van der Waals surface area contributed by atoms with Crippen molar-refractivity contribution in [2.45, 2.75) is 59.2 Å². The van der Waals surface area contributed by atoms with E-state index in [2.05, 4.69) is 19.0 Å². The van der Waals surface area contributed by atoms with Gasteiger partial charge in [0.1, 0.15) is 29.2 Å². The van der Waals surface area contributed by atoms with E-state index in [-0.39, 0.29) is 17.7 Å². The Morgan fingerprint density at radius 2 is 1.57 bits per heavy atom. The van der Waals surface area contributed by atoms with Crippen LogP contribution < -0.4 is 9.47 Å². The minimum Gasteiger partial charge on any atom is -0.493 e. The molecule has 2 rings (SSSR count). The van der Waals surface area contributed by atoms with Gasteiger partial charge in [-0.05, 0) is 72.7 Å². The summed E-state index contributed by atoms with van der Waals surface area (Å²) in [5.74, 6) is 1.98. The first-order valence-electron chi connectivity index (χ1n) is 12.0. The van der Waals surface area contributed by atoms with E-state index in [4.69, 9.17) is 42.3 Å². The van der Waals surface area contributed by atoms with Crippen LogP contribution in [0.25, 0.3) is 0 Å². The molecule has 10 heteroatoms. The number of hydrogen-bond acceptors (Lipinski definition) is 5. The maximum atomic E-state index is 12.6. The summed E-state index contributed by atoms with van der Waals surface area (Å²) in [6.45, 7) is 7.10. The van der Waals surface area contributed by atoms with E-state index in [0.717, 1.165) is 60.4 Å². The molecule has 0 amide bonds. The van der Waals surface area contributed by atoms with Crippen molar-refractivity contribution in [3.63, 3.8) is 0 Å². The number of ether oxygens (including phenoxy) is 3. The molecule has 0 unspecified atom stereocenters. The van der Waals surface area contributed by atoms with Gasteiger partial charge in [-0.25, -0.2) is 0 Å². The molecule has 0 spiro atoms. The van der Waals surface area contributed by atoms with Gasteiger partial charge in [0.25, 0.3) is 0 Å². The van der Waals surface area contributed by atoms with Gasteiger partial charge in [-0.15, -0.1) is 0 Å². The molecular weight excluding hydrogens is 530 g/mol. The first-order valence-corrected chi connectivity index (χ1v) is 12.8. The number of oxime groups is 1. The van der Waals surface area contributed by atoms with Crippen LogP contribution in [0.15, 0.2) is 52.1 Å². The summed E-state index contributed by atoms with van der Waals surface area (Å²) < 4.78 is 55.4. The van der Waals surface area contributed by atoms with Crippen LogP contribution in [0.4, 0.5) is 13.2 Å². The number of alkyl halides is 3. The zero-order chi connectivity index (χ0) is 27.3. The van der Waals surface area contributed by atoms with Crippen LogP contribution in [-0.2, 0) is 35.2 Å². The predicted molar refractivity (Wildman–Crippen MR) is 141 cm³/mol. The maximum absolute atomic E-state index is 12.6. The predicted octanol–water partition coefficient (Wildman–Crippen LogP) is 8.25. The molecule has 0 saturated heterocycles. The van der Waals surface area contributed by atoms with E-state index in [9.17, 15) is 13.2 Å². The lowest BCUT2D eigenvalue weighted by molar-refractivity contribution is -0.137.